The van der Waals surface area contributed by atoms with Crippen LogP contribution >= 0.6 is 23.2 Å². The SMILES string of the molecule is CCN(CCCN(C)C)Cc1cnc(Cl)cc1Cl. The average molecular weight is 290 g/mol. The Morgan fingerprint density at radius 1 is 1.22 bits per heavy atom. The van der Waals surface area contributed by atoms with Crippen LogP contribution < -0.4 is 0 Å². The first-order valence-electron chi connectivity index (χ1n) is 6.20. The standard InChI is InChI=1S/C13H21Cl2N3/c1-4-18(7-5-6-17(2)3)10-11-9-16-13(15)8-12(11)14/h8-9H,4-7,10H2,1-3H3. The average Bonchev–Trinajstić information content (AvgIpc) is 2.30. The number of nitrogens with zero attached hydrogens (tertiary/aromatic N) is 3. The summed E-state index contributed by atoms with van der Waals surface area (Å²) < 4.78 is 0. The molecule has 0 unspecified atom stereocenters. The van der Waals surface area contributed by atoms with Crippen molar-refractivity contribution in [3.8, 4) is 0 Å². The van der Waals surface area contributed by atoms with Crippen LogP contribution in [0.2, 0.25) is 10.2 Å². The maximum Gasteiger partial charge on any atom is 0.130 e. The Kier molecular flexibility index (Phi) is 6.94. The third kappa shape index (κ3) is 5.53. The Labute approximate surface area is 120 Å². The van der Waals surface area contributed by atoms with E-state index in [1.165, 1.54) is 0 Å². The van der Waals surface area contributed by atoms with Gasteiger partial charge in [0.2, 0.25) is 0 Å². The van der Waals surface area contributed by atoms with E-state index in [0.29, 0.717) is 10.2 Å². The van der Waals surface area contributed by atoms with E-state index in [0.717, 1.165) is 38.2 Å². The van der Waals surface area contributed by atoms with E-state index in [2.05, 4.69) is 35.8 Å². The van der Waals surface area contributed by atoms with Crippen LogP contribution in [0.25, 0.3) is 0 Å². The highest BCUT2D eigenvalue weighted by atomic mass is 35.5. The lowest BCUT2D eigenvalue weighted by atomic mass is 10.2. The van der Waals surface area contributed by atoms with Gasteiger partial charge in [-0.15, -0.1) is 0 Å². The molecule has 18 heavy (non-hydrogen) atoms. The second-order valence-electron chi connectivity index (χ2n) is 4.62. The summed E-state index contributed by atoms with van der Waals surface area (Å²) in [6.07, 6.45) is 2.92. The Bertz CT molecular complexity index is 369. The number of aromatic nitrogens is 1. The zero-order chi connectivity index (χ0) is 13.5. The van der Waals surface area contributed by atoms with Crippen LogP contribution in [0, 0.1) is 0 Å². The second kappa shape index (κ2) is 7.95. The lowest BCUT2D eigenvalue weighted by molar-refractivity contribution is 0.259. The third-order valence-corrected chi connectivity index (χ3v) is 3.38. The van der Waals surface area contributed by atoms with Crippen LogP contribution in [0.15, 0.2) is 12.3 Å². The van der Waals surface area contributed by atoms with Gasteiger partial charge in [0, 0.05) is 23.3 Å². The largest absolute Gasteiger partial charge is 0.309 e. The Balaban J connectivity index is 2.51. The van der Waals surface area contributed by atoms with Crippen molar-refractivity contribution in [2.45, 2.75) is 19.9 Å². The molecule has 0 saturated carbocycles. The molecule has 1 aromatic rings. The third-order valence-electron chi connectivity index (χ3n) is 2.82. The minimum Gasteiger partial charge on any atom is -0.309 e. The Morgan fingerprint density at radius 2 is 1.94 bits per heavy atom. The van der Waals surface area contributed by atoms with Crippen molar-refractivity contribution >= 4 is 23.2 Å². The van der Waals surface area contributed by atoms with Crippen molar-refractivity contribution in [1.82, 2.24) is 14.8 Å². The topological polar surface area (TPSA) is 19.4 Å². The number of pyridine rings is 1. The van der Waals surface area contributed by atoms with Gasteiger partial charge in [-0.3, -0.25) is 4.90 Å². The molecule has 3 nitrogen and oxygen atoms in total. The van der Waals surface area contributed by atoms with Gasteiger partial charge in [0.05, 0.1) is 0 Å². The molecule has 0 aliphatic rings. The molecule has 0 atom stereocenters. The van der Waals surface area contributed by atoms with Gasteiger partial charge in [0.1, 0.15) is 5.15 Å². The molecule has 1 heterocycles. The molecule has 5 heteroatoms. The van der Waals surface area contributed by atoms with Crippen LogP contribution in [-0.4, -0.2) is 48.5 Å². The maximum absolute atomic E-state index is 6.16. The molecule has 0 amide bonds. The molecular weight excluding hydrogens is 269 g/mol. The number of hydrogen-bond donors (Lipinski definition) is 0. The van der Waals surface area contributed by atoms with Crippen LogP contribution in [0.1, 0.15) is 18.9 Å². The zero-order valence-corrected chi connectivity index (χ0v) is 12.8. The minimum absolute atomic E-state index is 0.444. The molecule has 0 N–H and O–H groups in total. The fourth-order valence-corrected chi connectivity index (χ4v) is 2.18. The van der Waals surface area contributed by atoms with E-state index >= 15 is 0 Å². The van der Waals surface area contributed by atoms with Gasteiger partial charge in [-0.2, -0.15) is 0 Å². The molecule has 0 radical (unpaired) electrons. The molecule has 0 aromatic carbocycles. The van der Waals surface area contributed by atoms with Gasteiger partial charge < -0.3 is 4.90 Å². The fourth-order valence-electron chi connectivity index (χ4n) is 1.75. The summed E-state index contributed by atoms with van der Waals surface area (Å²) in [4.78, 5) is 8.64. The lowest BCUT2D eigenvalue weighted by Crippen LogP contribution is -2.27. The first-order chi connectivity index (χ1) is 8.52. The van der Waals surface area contributed by atoms with Crippen molar-refractivity contribution in [1.29, 1.82) is 0 Å². The van der Waals surface area contributed by atoms with Crippen LogP contribution in [-0.2, 0) is 6.54 Å². The minimum atomic E-state index is 0.444. The molecule has 0 aliphatic carbocycles. The van der Waals surface area contributed by atoms with E-state index < -0.39 is 0 Å². The maximum atomic E-state index is 6.16. The first kappa shape index (κ1) is 15.7. The number of hydrogen-bond acceptors (Lipinski definition) is 3. The predicted molar refractivity (Wildman–Crippen MR) is 78.4 cm³/mol. The summed E-state index contributed by atoms with van der Waals surface area (Å²) in [5, 5.41) is 1.14. The lowest BCUT2D eigenvalue weighted by Gasteiger charge is -2.21. The molecule has 1 rings (SSSR count). The van der Waals surface area contributed by atoms with Gasteiger partial charge in [0.15, 0.2) is 0 Å². The van der Waals surface area contributed by atoms with E-state index in [9.17, 15) is 0 Å². The summed E-state index contributed by atoms with van der Waals surface area (Å²) >= 11 is 11.9. The van der Waals surface area contributed by atoms with Gasteiger partial charge in [-0.1, -0.05) is 30.1 Å². The Morgan fingerprint density at radius 3 is 2.50 bits per heavy atom. The summed E-state index contributed by atoms with van der Waals surface area (Å²) in [7, 11) is 4.19. The molecule has 1 aromatic heterocycles. The number of rotatable bonds is 7. The molecule has 0 aliphatic heterocycles. The summed E-state index contributed by atoms with van der Waals surface area (Å²) in [5.41, 5.74) is 1.03. The monoisotopic (exact) mass is 289 g/mol. The van der Waals surface area contributed by atoms with Gasteiger partial charge in [-0.05, 0) is 46.2 Å². The van der Waals surface area contributed by atoms with Gasteiger partial charge >= 0.3 is 0 Å². The van der Waals surface area contributed by atoms with E-state index in [1.54, 1.807) is 12.3 Å². The first-order valence-corrected chi connectivity index (χ1v) is 6.95. The van der Waals surface area contributed by atoms with Gasteiger partial charge in [-0.25, -0.2) is 4.98 Å². The zero-order valence-electron chi connectivity index (χ0n) is 11.3. The number of halogens is 2. The fraction of sp³-hybridized carbons (Fsp3) is 0.615. The van der Waals surface area contributed by atoms with Crippen molar-refractivity contribution in [3.05, 3.63) is 28.0 Å². The molecule has 0 bridgehead atoms. The van der Waals surface area contributed by atoms with Gasteiger partial charge in [0.25, 0.3) is 0 Å². The second-order valence-corrected chi connectivity index (χ2v) is 5.42. The highest BCUT2D eigenvalue weighted by Gasteiger charge is 2.08. The molecule has 0 spiro atoms. The quantitative estimate of drug-likeness (QED) is 0.719. The van der Waals surface area contributed by atoms with Crippen LogP contribution in [0.5, 0.6) is 0 Å². The highest BCUT2D eigenvalue weighted by Crippen LogP contribution is 2.20. The van der Waals surface area contributed by atoms with Crippen molar-refractivity contribution in [2.24, 2.45) is 0 Å². The molecule has 0 saturated heterocycles. The predicted octanol–water partition coefficient (Wildman–Crippen LogP) is 3.16. The van der Waals surface area contributed by atoms with Crippen molar-refractivity contribution in [2.75, 3.05) is 33.7 Å². The summed E-state index contributed by atoms with van der Waals surface area (Å²) in [6.45, 7) is 6.16. The Hall–Kier alpha value is -0.350. The van der Waals surface area contributed by atoms with Crippen LogP contribution in [0.3, 0.4) is 0 Å². The molecular formula is C13H21Cl2N3. The van der Waals surface area contributed by atoms with E-state index in [4.69, 9.17) is 23.2 Å². The molecule has 102 valence electrons. The highest BCUT2D eigenvalue weighted by molar-refractivity contribution is 6.34. The smallest absolute Gasteiger partial charge is 0.130 e. The van der Waals surface area contributed by atoms with Crippen LogP contribution in [0.4, 0.5) is 0 Å². The van der Waals surface area contributed by atoms with Crippen molar-refractivity contribution in [3.63, 3.8) is 0 Å². The summed E-state index contributed by atoms with van der Waals surface area (Å²) in [5.74, 6) is 0. The van der Waals surface area contributed by atoms with E-state index in [1.807, 2.05) is 0 Å². The van der Waals surface area contributed by atoms with E-state index in [-0.39, 0.29) is 0 Å². The van der Waals surface area contributed by atoms with Crippen molar-refractivity contribution < 1.29 is 0 Å². The normalized spacial score (nSPS) is 11.5. The molecule has 0 fully saturated rings. The summed E-state index contributed by atoms with van der Waals surface area (Å²) in [6, 6.07) is 1.70.